The van der Waals surface area contributed by atoms with Gasteiger partial charge in [0.05, 0.1) is 30.1 Å². The molecule has 1 amide bonds. The van der Waals surface area contributed by atoms with Crippen molar-refractivity contribution in [2.75, 3.05) is 23.0 Å². The summed E-state index contributed by atoms with van der Waals surface area (Å²) < 4.78 is 37.2. The van der Waals surface area contributed by atoms with E-state index in [0.29, 0.717) is 11.3 Å². The largest absolute Gasteiger partial charge is 0.356 e. The summed E-state index contributed by atoms with van der Waals surface area (Å²) in [6.45, 7) is 1.71. The molecule has 7 heteroatoms. The maximum absolute atomic E-state index is 13.7. The highest BCUT2D eigenvalue weighted by molar-refractivity contribution is 7.91. The standard InChI is InChI=1S/C13H15FN2O3S/c1-8-2-3-9(4-10(8)14)16-5-13(17)15-11-6-20(18,19)7-12(11)16/h2-4,11-12H,5-7H2,1H3,(H,15,17)/t11-,12-/m0/s1. The second-order valence-electron chi connectivity index (χ2n) is 5.38. The Morgan fingerprint density at radius 3 is 2.80 bits per heavy atom. The number of sulfone groups is 1. The predicted octanol–water partition coefficient (Wildman–Crippen LogP) is 0.236. The molecule has 5 nitrogen and oxygen atoms in total. The van der Waals surface area contributed by atoms with Crippen LogP contribution >= 0.6 is 0 Å². The molecule has 1 aromatic rings. The number of carbonyl (C=O) groups excluding carboxylic acids is 1. The number of hydrogen-bond donors (Lipinski definition) is 1. The van der Waals surface area contributed by atoms with Gasteiger partial charge in [0, 0.05) is 5.69 Å². The molecule has 3 rings (SSSR count). The van der Waals surface area contributed by atoms with E-state index in [2.05, 4.69) is 5.32 Å². The molecule has 0 bridgehead atoms. The van der Waals surface area contributed by atoms with Gasteiger partial charge in [0.1, 0.15) is 5.82 Å². The van der Waals surface area contributed by atoms with Crippen molar-refractivity contribution in [2.24, 2.45) is 0 Å². The van der Waals surface area contributed by atoms with Gasteiger partial charge in [-0.25, -0.2) is 12.8 Å². The second-order valence-corrected chi connectivity index (χ2v) is 7.53. The topological polar surface area (TPSA) is 66.5 Å². The lowest BCUT2D eigenvalue weighted by atomic mass is 10.1. The van der Waals surface area contributed by atoms with Crippen LogP contribution in [0.4, 0.5) is 10.1 Å². The first kappa shape index (κ1) is 13.4. The molecule has 0 aliphatic carbocycles. The lowest BCUT2D eigenvalue weighted by molar-refractivity contribution is -0.121. The summed E-state index contributed by atoms with van der Waals surface area (Å²) in [5, 5.41) is 2.71. The van der Waals surface area contributed by atoms with E-state index in [1.807, 2.05) is 0 Å². The van der Waals surface area contributed by atoms with Crippen molar-refractivity contribution in [3.63, 3.8) is 0 Å². The summed E-state index contributed by atoms with van der Waals surface area (Å²) in [5.41, 5.74) is 1.07. The van der Waals surface area contributed by atoms with Crippen molar-refractivity contribution < 1.29 is 17.6 Å². The zero-order chi connectivity index (χ0) is 14.5. The Morgan fingerprint density at radius 2 is 2.10 bits per heavy atom. The second kappa shape index (κ2) is 4.44. The fourth-order valence-electron chi connectivity index (χ4n) is 2.84. The molecule has 0 saturated carbocycles. The van der Waals surface area contributed by atoms with Crippen molar-refractivity contribution in [1.29, 1.82) is 0 Å². The number of aryl methyl sites for hydroxylation is 1. The lowest BCUT2D eigenvalue weighted by Gasteiger charge is -2.38. The summed E-state index contributed by atoms with van der Waals surface area (Å²) in [6, 6.07) is 3.98. The van der Waals surface area contributed by atoms with E-state index in [1.54, 1.807) is 24.0 Å². The number of anilines is 1. The van der Waals surface area contributed by atoms with Crippen LogP contribution in [0.2, 0.25) is 0 Å². The van der Waals surface area contributed by atoms with E-state index in [1.165, 1.54) is 6.07 Å². The number of hydrogen-bond acceptors (Lipinski definition) is 4. The first-order valence-electron chi connectivity index (χ1n) is 6.38. The van der Waals surface area contributed by atoms with Gasteiger partial charge in [-0.15, -0.1) is 0 Å². The van der Waals surface area contributed by atoms with Gasteiger partial charge in [0.15, 0.2) is 9.84 Å². The summed E-state index contributed by atoms with van der Waals surface area (Å²) in [6.07, 6.45) is 0. The molecule has 20 heavy (non-hydrogen) atoms. The maximum Gasteiger partial charge on any atom is 0.239 e. The van der Waals surface area contributed by atoms with Gasteiger partial charge >= 0.3 is 0 Å². The summed E-state index contributed by atoms with van der Waals surface area (Å²) in [5.74, 6) is -0.642. The number of nitrogens with one attached hydrogen (secondary N) is 1. The van der Waals surface area contributed by atoms with Crippen LogP contribution in [0.1, 0.15) is 5.56 Å². The van der Waals surface area contributed by atoms with Crippen LogP contribution in [-0.2, 0) is 14.6 Å². The van der Waals surface area contributed by atoms with Gasteiger partial charge < -0.3 is 10.2 Å². The van der Waals surface area contributed by atoms with Crippen LogP contribution in [0.15, 0.2) is 18.2 Å². The highest BCUT2D eigenvalue weighted by Crippen LogP contribution is 2.28. The molecule has 0 radical (unpaired) electrons. The lowest BCUT2D eigenvalue weighted by Crippen LogP contribution is -2.60. The third-order valence-electron chi connectivity index (χ3n) is 3.87. The molecule has 2 aliphatic heterocycles. The smallest absolute Gasteiger partial charge is 0.239 e. The summed E-state index contributed by atoms with van der Waals surface area (Å²) in [4.78, 5) is 13.4. The number of benzene rings is 1. The molecule has 2 heterocycles. The Labute approximate surface area is 116 Å². The minimum absolute atomic E-state index is 0.00651. The van der Waals surface area contributed by atoms with Gasteiger partial charge in [0.25, 0.3) is 0 Å². The van der Waals surface area contributed by atoms with Crippen LogP contribution in [0, 0.1) is 12.7 Å². The number of amides is 1. The Kier molecular flexibility index (Phi) is 2.97. The molecule has 2 atom stereocenters. The van der Waals surface area contributed by atoms with Crippen molar-refractivity contribution in [1.82, 2.24) is 5.32 Å². The number of rotatable bonds is 1. The molecule has 108 valence electrons. The Morgan fingerprint density at radius 1 is 1.35 bits per heavy atom. The third kappa shape index (κ3) is 2.26. The molecule has 0 spiro atoms. The number of nitrogens with zero attached hydrogens (tertiary/aromatic N) is 1. The minimum atomic E-state index is -3.16. The van der Waals surface area contributed by atoms with E-state index in [9.17, 15) is 17.6 Å². The fourth-order valence-corrected chi connectivity index (χ4v) is 4.76. The molecule has 2 aliphatic rings. The van der Waals surface area contributed by atoms with E-state index in [-0.39, 0.29) is 35.8 Å². The maximum atomic E-state index is 13.7. The minimum Gasteiger partial charge on any atom is -0.356 e. The highest BCUT2D eigenvalue weighted by atomic mass is 32.2. The van der Waals surface area contributed by atoms with Crippen molar-refractivity contribution in [3.05, 3.63) is 29.6 Å². The SMILES string of the molecule is Cc1ccc(N2CC(=O)N[C@H]3CS(=O)(=O)C[C@@H]32)cc1F. The molecule has 1 N–H and O–H groups in total. The van der Waals surface area contributed by atoms with Crippen LogP contribution in [0.25, 0.3) is 0 Å². The van der Waals surface area contributed by atoms with Crippen molar-refractivity contribution in [2.45, 2.75) is 19.0 Å². The quantitative estimate of drug-likeness (QED) is 0.806. The van der Waals surface area contributed by atoms with Gasteiger partial charge in [-0.1, -0.05) is 6.07 Å². The molecular formula is C13H15FN2O3S. The Hall–Kier alpha value is -1.63. The monoisotopic (exact) mass is 298 g/mol. The van der Waals surface area contributed by atoms with Crippen molar-refractivity contribution in [3.8, 4) is 0 Å². The van der Waals surface area contributed by atoms with Gasteiger partial charge in [0.2, 0.25) is 5.91 Å². The van der Waals surface area contributed by atoms with Gasteiger partial charge in [-0.2, -0.15) is 0 Å². The van der Waals surface area contributed by atoms with Crippen LogP contribution in [0.5, 0.6) is 0 Å². The van der Waals surface area contributed by atoms with Crippen LogP contribution in [0.3, 0.4) is 0 Å². The van der Waals surface area contributed by atoms with Gasteiger partial charge in [-0.3, -0.25) is 4.79 Å². The molecule has 0 unspecified atom stereocenters. The molecule has 1 aromatic carbocycles. The Bertz CT molecular complexity index is 674. The number of halogens is 1. The summed E-state index contributed by atoms with van der Waals surface area (Å²) >= 11 is 0. The molecule has 2 saturated heterocycles. The van der Waals surface area contributed by atoms with Gasteiger partial charge in [-0.05, 0) is 24.6 Å². The normalized spacial score (nSPS) is 28.1. The number of piperazine rings is 1. The van der Waals surface area contributed by atoms with Crippen LogP contribution < -0.4 is 10.2 Å². The van der Waals surface area contributed by atoms with E-state index < -0.39 is 15.9 Å². The summed E-state index contributed by atoms with van der Waals surface area (Å²) in [7, 11) is -3.16. The number of fused-ring (bicyclic) bond motifs is 1. The Balaban J connectivity index is 1.98. The van der Waals surface area contributed by atoms with Crippen LogP contribution in [-0.4, -0.2) is 44.5 Å². The fraction of sp³-hybridized carbons (Fsp3) is 0.462. The zero-order valence-electron chi connectivity index (χ0n) is 11.0. The number of carbonyl (C=O) groups is 1. The first-order valence-corrected chi connectivity index (χ1v) is 8.20. The molecule has 2 fully saturated rings. The molecule has 0 aromatic heterocycles. The molecular weight excluding hydrogens is 283 g/mol. The highest BCUT2D eigenvalue weighted by Gasteiger charge is 2.45. The predicted molar refractivity (Wildman–Crippen MR) is 72.9 cm³/mol. The first-order chi connectivity index (χ1) is 9.35. The van der Waals surface area contributed by atoms with Crippen molar-refractivity contribution >= 4 is 21.4 Å². The third-order valence-corrected chi connectivity index (χ3v) is 5.59. The average Bonchev–Trinajstić information content (AvgIpc) is 2.65. The van der Waals surface area contributed by atoms with E-state index in [0.717, 1.165) is 0 Å². The van der Waals surface area contributed by atoms with E-state index in [4.69, 9.17) is 0 Å². The average molecular weight is 298 g/mol. The van der Waals surface area contributed by atoms with E-state index >= 15 is 0 Å². The zero-order valence-corrected chi connectivity index (χ0v) is 11.8.